The first-order chi connectivity index (χ1) is 9.67. The largest absolute Gasteiger partial charge is 0.357 e. The second-order valence-corrected chi connectivity index (χ2v) is 5.64. The molecule has 6 heteroatoms. The Balaban J connectivity index is 2.09. The molecule has 3 rings (SSSR count). The molecular formula is C14H15N5S. The van der Waals surface area contributed by atoms with Gasteiger partial charge >= 0.3 is 0 Å². The van der Waals surface area contributed by atoms with Crippen LogP contribution in [0.3, 0.4) is 0 Å². The number of anilines is 1. The van der Waals surface area contributed by atoms with E-state index >= 15 is 0 Å². The number of fused-ring (bicyclic) bond motifs is 1. The summed E-state index contributed by atoms with van der Waals surface area (Å²) in [5.74, 6) is 0.592. The van der Waals surface area contributed by atoms with Crippen molar-refractivity contribution < 1.29 is 0 Å². The first-order valence-corrected chi connectivity index (χ1v) is 7.13. The van der Waals surface area contributed by atoms with Gasteiger partial charge in [-0.1, -0.05) is 23.9 Å². The number of benzene rings is 1. The summed E-state index contributed by atoms with van der Waals surface area (Å²) in [7, 11) is 1.81. The quantitative estimate of drug-likeness (QED) is 0.724. The molecule has 0 bridgehead atoms. The predicted molar refractivity (Wildman–Crippen MR) is 81.3 cm³/mol. The number of nitrogens with zero attached hydrogens (tertiary/aromatic N) is 3. The maximum absolute atomic E-state index is 4.54. The number of aromatic amines is 1. The molecule has 2 heterocycles. The fourth-order valence-electron chi connectivity index (χ4n) is 1.92. The minimum absolute atomic E-state index is 0.592. The van der Waals surface area contributed by atoms with E-state index in [1.807, 2.05) is 7.05 Å². The van der Waals surface area contributed by atoms with Crippen LogP contribution < -0.4 is 5.32 Å². The van der Waals surface area contributed by atoms with Crippen LogP contribution in [0, 0.1) is 13.8 Å². The molecule has 5 nitrogen and oxygen atoms in total. The molecule has 0 atom stereocenters. The zero-order valence-corrected chi connectivity index (χ0v) is 12.4. The van der Waals surface area contributed by atoms with E-state index in [1.54, 1.807) is 18.0 Å². The Bertz CT molecular complexity index is 765. The molecule has 3 aromatic rings. The van der Waals surface area contributed by atoms with Gasteiger partial charge in [0.25, 0.3) is 0 Å². The summed E-state index contributed by atoms with van der Waals surface area (Å²) >= 11 is 1.64. The maximum atomic E-state index is 4.54. The molecule has 0 saturated carbocycles. The fourth-order valence-corrected chi connectivity index (χ4v) is 2.99. The first kappa shape index (κ1) is 12.9. The Morgan fingerprint density at radius 1 is 1.20 bits per heavy atom. The van der Waals surface area contributed by atoms with E-state index in [2.05, 4.69) is 57.5 Å². The Morgan fingerprint density at radius 3 is 2.85 bits per heavy atom. The number of aromatic nitrogens is 4. The normalized spacial score (nSPS) is 10.9. The third kappa shape index (κ3) is 2.34. The van der Waals surface area contributed by atoms with E-state index in [0.717, 1.165) is 16.1 Å². The van der Waals surface area contributed by atoms with Gasteiger partial charge in [0.1, 0.15) is 5.03 Å². The lowest BCUT2D eigenvalue weighted by Crippen LogP contribution is -1.98. The van der Waals surface area contributed by atoms with Crippen LogP contribution in [0.15, 0.2) is 34.3 Å². The minimum Gasteiger partial charge on any atom is -0.357 e. The molecule has 20 heavy (non-hydrogen) atoms. The molecule has 0 aliphatic rings. The van der Waals surface area contributed by atoms with Gasteiger partial charge in [-0.2, -0.15) is 10.1 Å². The lowest BCUT2D eigenvalue weighted by molar-refractivity contribution is 1.06. The highest BCUT2D eigenvalue weighted by Crippen LogP contribution is 2.33. The summed E-state index contributed by atoms with van der Waals surface area (Å²) in [5.41, 5.74) is 3.23. The minimum atomic E-state index is 0.592. The molecular weight excluding hydrogens is 270 g/mol. The van der Waals surface area contributed by atoms with Gasteiger partial charge in [-0.3, -0.25) is 5.10 Å². The Kier molecular flexibility index (Phi) is 3.31. The van der Waals surface area contributed by atoms with Crippen molar-refractivity contribution in [1.82, 2.24) is 20.2 Å². The van der Waals surface area contributed by atoms with Crippen molar-refractivity contribution in [2.75, 3.05) is 12.4 Å². The van der Waals surface area contributed by atoms with Crippen molar-refractivity contribution in [3.05, 3.63) is 35.5 Å². The van der Waals surface area contributed by atoms with Crippen LogP contribution >= 0.6 is 11.8 Å². The third-order valence-electron chi connectivity index (χ3n) is 3.05. The van der Waals surface area contributed by atoms with E-state index in [9.17, 15) is 0 Å². The second kappa shape index (κ2) is 5.13. The van der Waals surface area contributed by atoms with Gasteiger partial charge in [-0.25, -0.2) is 4.98 Å². The van der Waals surface area contributed by atoms with Gasteiger partial charge in [-0.05, 0) is 31.0 Å². The van der Waals surface area contributed by atoms with Crippen LogP contribution in [0.2, 0.25) is 0 Å². The molecule has 0 fully saturated rings. The summed E-state index contributed by atoms with van der Waals surface area (Å²) in [6.45, 7) is 4.20. The van der Waals surface area contributed by atoms with Gasteiger partial charge in [0.05, 0.1) is 11.6 Å². The zero-order valence-electron chi connectivity index (χ0n) is 11.6. The maximum Gasteiger partial charge on any atom is 0.225 e. The summed E-state index contributed by atoms with van der Waals surface area (Å²) in [6, 6.07) is 6.42. The highest BCUT2D eigenvalue weighted by Gasteiger charge is 2.11. The summed E-state index contributed by atoms with van der Waals surface area (Å²) in [6.07, 6.45) is 1.77. The van der Waals surface area contributed by atoms with Gasteiger partial charge in [0.2, 0.25) is 5.95 Å². The smallest absolute Gasteiger partial charge is 0.225 e. The Hall–Kier alpha value is -2.08. The van der Waals surface area contributed by atoms with Crippen molar-refractivity contribution in [1.29, 1.82) is 0 Å². The van der Waals surface area contributed by atoms with Gasteiger partial charge in [0.15, 0.2) is 5.65 Å². The highest BCUT2D eigenvalue weighted by atomic mass is 32.2. The fraction of sp³-hybridized carbons (Fsp3) is 0.214. The highest BCUT2D eigenvalue weighted by molar-refractivity contribution is 7.99. The lowest BCUT2D eigenvalue weighted by Gasteiger charge is -2.08. The summed E-state index contributed by atoms with van der Waals surface area (Å²) < 4.78 is 0. The molecule has 0 spiro atoms. The van der Waals surface area contributed by atoms with Crippen LogP contribution in [0.5, 0.6) is 0 Å². The predicted octanol–water partition coefficient (Wildman–Crippen LogP) is 3.16. The number of rotatable bonds is 3. The van der Waals surface area contributed by atoms with Crippen LogP contribution in [0.25, 0.3) is 11.0 Å². The molecule has 0 radical (unpaired) electrons. The Morgan fingerprint density at radius 2 is 2.05 bits per heavy atom. The van der Waals surface area contributed by atoms with Crippen LogP contribution in [0.1, 0.15) is 11.1 Å². The lowest BCUT2D eigenvalue weighted by atomic mass is 10.2. The third-order valence-corrected chi connectivity index (χ3v) is 4.21. The van der Waals surface area contributed by atoms with Gasteiger partial charge in [-0.15, -0.1) is 0 Å². The number of H-pyrrole nitrogens is 1. The molecule has 0 aliphatic heterocycles. The Labute approximate surface area is 121 Å². The summed E-state index contributed by atoms with van der Waals surface area (Å²) in [5, 5.41) is 11.8. The zero-order chi connectivity index (χ0) is 14.1. The molecule has 1 aromatic carbocycles. The summed E-state index contributed by atoms with van der Waals surface area (Å²) in [4.78, 5) is 10.1. The molecule has 2 N–H and O–H groups in total. The monoisotopic (exact) mass is 285 g/mol. The standard InChI is InChI=1S/C14H15N5S/c1-8-4-5-9(2)11(6-8)20-13-10-7-16-19-12(10)17-14(15-3)18-13/h4-7H,1-3H3,(H2,15,16,17,18,19). The van der Waals surface area contributed by atoms with Crippen molar-refractivity contribution in [2.45, 2.75) is 23.8 Å². The molecule has 0 aliphatic carbocycles. The molecule has 0 amide bonds. The van der Waals surface area contributed by atoms with Crippen LogP contribution in [0.4, 0.5) is 5.95 Å². The first-order valence-electron chi connectivity index (χ1n) is 6.31. The van der Waals surface area contributed by atoms with Gasteiger partial charge < -0.3 is 5.32 Å². The number of nitrogens with one attached hydrogen (secondary N) is 2. The van der Waals surface area contributed by atoms with Crippen LogP contribution in [-0.4, -0.2) is 27.2 Å². The second-order valence-electron chi connectivity index (χ2n) is 4.61. The number of aryl methyl sites for hydroxylation is 2. The SMILES string of the molecule is CNc1nc(Sc2cc(C)ccc2C)c2cn[nH]c2n1. The number of hydrogen-bond donors (Lipinski definition) is 2. The average molecular weight is 285 g/mol. The molecule has 102 valence electrons. The van der Waals surface area contributed by atoms with Crippen molar-refractivity contribution >= 4 is 28.7 Å². The van der Waals surface area contributed by atoms with E-state index in [-0.39, 0.29) is 0 Å². The van der Waals surface area contributed by atoms with Gasteiger partial charge in [0, 0.05) is 11.9 Å². The topological polar surface area (TPSA) is 66.5 Å². The van der Waals surface area contributed by atoms with Crippen LogP contribution in [-0.2, 0) is 0 Å². The van der Waals surface area contributed by atoms with Crippen molar-refractivity contribution in [2.24, 2.45) is 0 Å². The van der Waals surface area contributed by atoms with E-state index < -0.39 is 0 Å². The van der Waals surface area contributed by atoms with Crippen molar-refractivity contribution in [3.8, 4) is 0 Å². The molecule has 2 aromatic heterocycles. The van der Waals surface area contributed by atoms with Crippen molar-refractivity contribution in [3.63, 3.8) is 0 Å². The van der Waals surface area contributed by atoms with E-state index in [0.29, 0.717) is 5.95 Å². The number of hydrogen-bond acceptors (Lipinski definition) is 5. The van der Waals surface area contributed by atoms with E-state index in [4.69, 9.17) is 0 Å². The van der Waals surface area contributed by atoms with E-state index in [1.165, 1.54) is 16.0 Å². The average Bonchev–Trinajstić information content (AvgIpc) is 2.91. The molecule has 0 unspecified atom stereocenters. The molecule has 0 saturated heterocycles.